The van der Waals surface area contributed by atoms with Crippen molar-refractivity contribution in [1.82, 2.24) is 4.98 Å². The van der Waals surface area contributed by atoms with Crippen LogP contribution >= 0.6 is 48.0 Å². The molecule has 0 radical (unpaired) electrons. The summed E-state index contributed by atoms with van der Waals surface area (Å²) in [5.74, 6) is 0. The van der Waals surface area contributed by atoms with E-state index in [1.807, 2.05) is 24.5 Å². The molecule has 0 spiro atoms. The summed E-state index contributed by atoms with van der Waals surface area (Å²) in [4.78, 5) is 2.86. The summed E-state index contributed by atoms with van der Waals surface area (Å²) in [6.45, 7) is 0. The molecule has 1 nitrogen and oxygen atoms in total. The average molecular weight is 323 g/mol. The van der Waals surface area contributed by atoms with Crippen LogP contribution in [0.3, 0.4) is 0 Å². The molecule has 0 fully saturated rings. The van der Waals surface area contributed by atoms with Gasteiger partial charge in [0.25, 0.3) is 0 Å². The highest BCUT2D eigenvalue weighted by atomic mass is 127. The lowest BCUT2D eigenvalue weighted by molar-refractivity contribution is 1.42. The van der Waals surface area contributed by atoms with Gasteiger partial charge >= 0.3 is 0 Å². The van der Waals surface area contributed by atoms with Crippen LogP contribution in [0.2, 0.25) is 0 Å². The van der Waals surface area contributed by atoms with E-state index in [9.17, 15) is 0 Å². The van der Waals surface area contributed by atoms with Gasteiger partial charge in [-0.15, -0.1) is 48.0 Å². The quantitative estimate of drug-likeness (QED) is 0.705. The monoisotopic (exact) mass is 323 g/mol. The first-order valence-electron chi connectivity index (χ1n) is 1.58. The maximum absolute atomic E-state index is 2.86. The Balaban J connectivity index is 0. The van der Waals surface area contributed by atoms with Crippen molar-refractivity contribution < 1.29 is 0 Å². The van der Waals surface area contributed by atoms with Gasteiger partial charge in [-0.05, 0) is 12.1 Å². The van der Waals surface area contributed by atoms with Crippen molar-refractivity contribution in [1.29, 1.82) is 0 Å². The van der Waals surface area contributed by atoms with Gasteiger partial charge in [0.05, 0.1) is 0 Å². The molecule has 0 atom stereocenters. The van der Waals surface area contributed by atoms with Crippen molar-refractivity contribution in [3.63, 3.8) is 0 Å². The summed E-state index contributed by atoms with van der Waals surface area (Å²) in [6, 6.07) is 3.89. The Kier molecular flexibility index (Phi) is 10.3. The second kappa shape index (κ2) is 6.74. The van der Waals surface area contributed by atoms with Crippen molar-refractivity contribution in [2.75, 3.05) is 0 Å². The minimum atomic E-state index is 0. The zero-order valence-corrected chi connectivity index (χ0v) is 8.29. The van der Waals surface area contributed by atoms with Crippen LogP contribution in [-0.4, -0.2) is 4.98 Å². The van der Waals surface area contributed by atoms with Crippen LogP contribution in [0.1, 0.15) is 0 Å². The van der Waals surface area contributed by atoms with E-state index < -0.39 is 0 Å². The third-order valence-corrected chi connectivity index (χ3v) is 0.496. The highest BCUT2D eigenvalue weighted by Crippen LogP contribution is 1.72. The van der Waals surface area contributed by atoms with E-state index in [-0.39, 0.29) is 48.0 Å². The summed E-state index contributed by atoms with van der Waals surface area (Å²) in [5.41, 5.74) is 0. The molecule has 0 unspecified atom stereocenters. The highest BCUT2D eigenvalue weighted by Gasteiger charge is 1.55. The number of rotatable bonds is 0. The zero-order chi connectivity index (χ0) is 3.54. The fourth-order valence-corrected chi connectivity index (χ4v) is 0.278. The van der Waals surface area contributed by atoms with Crippen LogP contribution in [0.5, 0.6) is 0 Å². The van der Waals surface area contributed by atoms with Crippen molar-refractivity contribution in [2.24, 2.45) is 0 Å². The van der Waals surface area contributed by atoms with Gasteiger partial charge < -0.3 is 4.98 Å². The number of aromatic amines is 1. The van der Waals surface area contributed by atoms with Gasteiger partial charge in [-0.1, -0.05) is 0 Å². The Morgan fingerprint density at radius 2 is 1.29 bits per heavy atom. The standard InChI is InChI=1S/C4H5N.2HI/c1-2-4-5-3-1;;/h1-5H;2*1H. The molecule has 0 saturated heterocycles. The summed E-state index contributed by atoms with van der Waals surface area (Å²) in [7, 11) is 0. The molecule has 7 heavy (non-hydrogen) atoms. The van der Waals surface area contributed by atoms with Crippen molar-refractivity contribution in [3.05, 3.63) is 24.5 Å². The molecule has 0 aliphatic heterocycles. The minimum absolute atomic E-state index is 0. The van der Waals surface area contributed by atoms with Crippen LogP contribution in [0.15, 0.2) is 24.5 Å². The van der Waals surface area contributed by atoms with Gasteiger partial charge in [-0.25, -0.2) is 0 Å². The van der Waals surface area contributed by atoms with Crippen LogP contribution in [0, 0.1) is 0 Å². The van der Waals surface area contributed by atoms with Crippen LogP contribution in [0.25, 0.3) is 0 Å². The Hall–Kier alpha value is 0.740. The Morgan fingerprint density at radius 1 is 0.857 bits per heavy atom. The Labute approximate surface area is 76.9 Å². The fraction of sp³-hybridized carbons (Fsp3) is 0. The molecular weight excluding hydrogens is 316 g/mol. The lowest BCUT2D eigenvalue weighted by Crippen LogP contribution is -1.38. The third kappa shape index (κ3) is 4.60. The smallest absolute Gasteiger partial charge is 0.000496 e. The van der Waals surface area contributed by atoms with Gasteiger partial charge in [0, 0.05) is 12.4 Å². The molecule has 0 aromatic carbocycles. The second-order valence-corrected chi connectivity index (χ2v) is 0.885. The van der Waals surface area contributed by atoms with Gasteiger partial charge in [0.2, 0.25) is 0 Å². The van der Waals surface area contributed by atoms with Crippen molar-refractivity contribution in [3.8, 4) is 0 Å². The van der Waals surface area contributed by atoms with Crippen LogP contribution < -0.4 is 0 Å². The molecule has 0 saturated carbocycles. The zero-order valence-electron chi connectivity index (χ0n) is 3.63. The first kappa shape index (κ1) is 10.7. The van der Waals surface area contributed by atoms with E-state index in [1.54, 1.807) is 0 Å². The number of aromatic nitrogens is 1. The number of hydrogen-bond acceptors (Lipinski definition) is 0. The van der Waals surface area contributed by atoms with Crippen molar-refractivity contribution in [2.45, 2.75) is 0 Å². The lowest BCUT2D eigenvalue weighted by Gasteiger charge is -1.49. The second-order valence-electron chi connectivity index (χ2n) is 0.885. The van der Waals surface area contributed by atoms with Gasteiger partial charge in [-0.2, -0.15) is 0 Å². The maximum Gasteiger partial charge on any atom is 0.000496 e. The van der Waals surface area contributed by atoms with Crippen LogP contribution in [0.4, 0.5) is 0 Å². The van der Waals surface area contributed by atoms with E-state index in [1.165, 1.54) is 0 Å². The predicted molar refractivity (Wildman–Crippen MR) is 51.6 cm³/mol. The Morgan fingerprint density at radius 3 is 1.43 bits per heavy atom. The number of nitrogens with one attached hydrogen (secondary N) is 1. The van der Waals surface area contributed by atoms with Crippen LogP contribution in [-0.2, 0) is 0 Å². The van der Waals surface area contributed by atoms with E-state index in [0.29, 0.717) is 0 Å². The fourth-order valence-electron chi connectivity index (χ4n) is 0.278. The lowest BCUT2D eigenvalue weighted by atomic mass is 10.7. The molecule has 1 rings (SSSR count). The molecule has 1 N–H and O–H groups in total. The topological polar surface area (TPSA) is 15.8 Å². The highest BCUT2D eigenvalue weighted by molar-refractivity contribution is 14.0. The summed E-state index contributed by atoms with van der Waals surface area (Å²) in [5, 5.41) is 0. The minimum Gasteiger partial charge on any atom is -0.368 e. The molecule has 1 heterocycles. The van der Waals surface area contributed by atoms with Crippen molar-refractivity contribution >= 4 is 48.0 Å². The van der Waals surface area contributed by atoms with E-state index in [0.717, 1.165) is 0 Å². The number of halogens is 2. The predicted octanol–water partition coefficient (Wildman–Crippen LogP) is 2.25. The Bertz CT molecular complexity index is 66.2. The molecule has 0 aliphatic carbocycles. The van der Waals surface area contributed by atoms with Gasteiger partial charge in [0.15, 0.2) is 0 Å². The molecule has 3 heteroatoms. The van der Waals surface area contributed by atoms with Gasteiger partial charge in [0.1, 0.15) is 0 Å². The average Bonchev–Trinajstić information content (AvgIpc) is 1.76. The first-order chi connectivity index (χ1) is 2.50. The molecule has 42 valence electrons. The van der Waals surface area contributed by atoms with E-state index >= 15 is 0 Å². The third-order valence-electron chi connectivity index (χ3n) is 0.496. The summed E-state index contributed by atoms with van der Waals surface area (Å²) in [6.07, 6.45) is 3.75. The maximum atomic E-state index is 2.86. The SMILES string of the molecule is I.I.c1cc[nH]c1. The normalized spacial score (nSPS) is 5.71. The van der Waals surface area contributed by atoms with E-state index in [4.69, 9.17) is 0 Å². The first-order valence-corrected chi connectivity index (χ1v) is 1.58. The molecule has 1 aromatic rings. The largest absolute Gasteiger partial charge is 0.368 e. The molecular formula is C4H7I2N. The van der Waals surface area contributed by atoms with E-state index in [2.05, 4.69) is 4.98 Å². The molecule has 0 amide bonds. The number of H-pyrrole nitrogens is 1. The van der Waals surface area contributed by atoms with Gasteiger partial charge in [-0.3, -0.25) is 0 Å². The molecule has 0 aliphatic rings. The molecule has 1 aromatic heterocycles. The molecule has 0 bridgehead atoms. The summed E-state index contributed by atoms with van der Waals surface area (Å²) < 4.78 is 0. The summed E-state index contributed by atoms with van der Waals surface area (Å²) >= 11 is 0. The number of hydrogen-bond donors (Lipinski definition) is 1.